The van der Waals surface area contributed by atoms with E-state index in [9.17, 15) is 28.7 Å². The Labute approximate surface area is 212 Å². The Morgan fingerprint density at radius 3 is 2.33 bits per heavy atom. The molecule has 0 fully saturated rings. The van der Waals surface area contributed by atoms with Gasteiger partial charge in [0.25, 0.3) is 5.69 Å². The number of non-ortho nitro benzene ring substituents is 1. The number of ether oxygens (including phenoxy) is 1. The Balaban J connectivity index is 1.46. The van der Waals surface area contributed by atoms with Crippen molar-refractivity contribution >= 4 is 21.4 Å². The number of unbranched alkanes of at least 4 members (excludes halogenated alkanes) is 4. The van der Waals surface area contributed by atoms with Crippen LogP contribution in [0.25, 0.3) is 0 Å². The lowest BCUT2D eigenvalue weighted by atomic mass is 10.1. The molecular formula is C25H37N3O7S. The average molecular weight is 524 g/mol. The number of nitrogens with one attached hydrogen (secondary N) is 2. The molecule has 1 atom stereocenters. The summed E-state index contributed by atoms with van der Waals surface area (Å²) in [5.74, 6) is -0.199. The number of rotatable bonds is 18. The monoisotopic (exact) mass is 523 g/mol. The molecule has 0 aliphatic carbocycles. The van der Waals surface area contributed by atoms with Crippen molar-refractivity contribution in [1.29, 1.82) is 0 Å². The van der Waals surface area contributed by atoms with Gasteiger partial charge in [-0.3, -0.25) is 14.8 Å². The molecule has 36 heavy (non-hydrogen) atoms. The first-order valence-corrected chi connectivity index (χ1v) is 14.1. The zero-order valence-corrected chi connectivity index (χ0v) is 21.5. The number of hydrogen-bond donors (Lipinski definition) is 4. The van der Waals surface area contributed by atoms with Gasteiger partial charge in [0.2, 0.25) is 10.0 Å². The second-order valence-electron chi connectivity index (χ2n) is 8.78. The summed E-state index contributed by atoms with van der Waals surface area (Å²) in [5.41, 5.74) is 1.76. The largest absolute Gasteiger partial charge is 0.506 e. The molecule has 0 aromatic heterocycles. The number of aromatic hydroxyl groups is 1. The van der Waals surface area contributed by atoms with Crippen LogP contribution in [0.3, 0.4) is 0 Å². The van der Waals surface area contributed by atoms with E-state index in [0.29, 0.717) is 18.7 Å². The number of hydrogen-bond acceptors (Lipinski definition) is 8. The third kappa shape index (κ3) is 11.8. The molecule has 1 unspecified atom stereocenters. The van der Waals surface area contributed by atoms with Crippen LogP contribution in [0.1, 0.15) is 55.8 Å². The minimum Gasteiger partial charge on any atom is -0.506 e. The Bertz CT molecular complexity index is 1050. The predicted molar refractivity (Wildman–Crippen MR) is 140 cm³/mol. The van der Waals surface area contributed by atoms with E-state index in [1.807, 2.05) is 0 Å². The average Bonchev–Trinajstić information content (AvgIpc) is 2.82. The van der Waals surface area contributed by atoms with E-state index in [2.05, 4.69) is 10.0 Å². The standard InChI is InChI=1S/C25H37N3O7S/c1-36(33,34)27-23-18-21(11-14-24(23)29)25(30)19-26-15-5-2-3-6-16-35-17-7-4-8-20-9-12-22(13-10-20)28(31)32/h9-14,18,25-27,29-30H,2-8,15-17,19H2,1H3. The van der Waals surface area contributed by atoms with Gasteiger partial charge in [-0.15, -0.1) is 0 Å². The van der Waals surface area contributed by atoms with Gasteiger partial charge in [-0.25, -0.2) is 8.42 Å². The molecule has 0 heterocycles. The van der Waals surface area contributed by atoms with Gasteiger partial charge in [-0.05, 0) is 61.9 Å². The lowest BCUT2D eigenvalue weighted by Crippen LogP contribution is -2.22. The third-order valence-corrected chi connectivity index (χ3v) is 6.17. The van der Waals surface area contributed by atoms with E-state index in [-0.39, 0.29) is 17.1 Å². The number of nitro groups is 1. The van der Waals surface area contributed by atoms with Gasteiger partial charge in [-0.1, -0.05) is 31.0 Å². The number of nitro benzene ring substituents is 1. The minimum absolute atomic E-state index is 0.0424. The highest BCUT2D eigenvalue weighted by molar-refractivity contribution is 7.92. The molecule has 2 aromatic carbocycles. The maximum absolute atomic E-state index is 11.4. The van der Waals surface area contributed by atoms with Gasteiger partial charge in [0, 0.05) is 31.9 Å². The van der Waals surface area contributed by atoms with E-state index in [1.165, 1.54) is 24.3 Å². The second kappa shape index (κ2) is 15.4. The van der Waals surface area contributed by atoms with Crippen molar-refractivity contribution in [3.63, 3.8) is 0 Å². The summed E-state index contributed by atoms with van der Waals surface area (Å²) in [5, 5.41) is 34.0. The molecule has 0 aliphatic heterocycles. The second-order valence-corrected chi connectivity index (χ2v) is 10.5. The van der Waals surface area contributed by atoms with Gasteiger partial charge in [0.15, 0.2) is 0 Å². The van der Waals surface area contributed by atoms with Gasteiger partial charge in [0.05, 0.1) is 23.0 Å². The fourth-order valence-electron chi connectivity index (χ4n) is 3.63. The zero-order chi connectivity index (χ0) is 26.4. The minimum atomic E-state index is -3.53. The summed E-state index contributed by atoms with van der Waals surface area (Å²) in [6.45, 7) is 2.53. The number of nitrogens with zero attached hydrogens (tertiary/aromatic N) is 1. The number of benzene rings is 2. The number of aliphatic hydroxyl groups is 1. The van der Waals surface area contributed by atoms with Crippen molar-refractivity contribution < 1.29 is 28.3 Å². The molecular weight excluding hydrogens is 486 g/mol. The number of phenols is 1. The van der Waals surface area contributed by atoms with Crippen molar-refractivity contribution in [2.75, 3.05) is 37.3 Å². The molecule has 0 amide bonds. The van der Waals surface area contributed by atoms with Crippen LogP contribution < -0.4 is 10.0 Å². The Kier molecular flexibility index (Phi) is 12.6. The molecule has 0 aliphatic rings. The Morgan fingerprint density at radius 1 is 1.00 bits per heavy atom. The fraction of sp³-hybridized carbons (Fsp3) is 0.520. The smallest absolute Gasteiger partial charge is 0.269 e. The molecule has 0 saturated carbocycles. The van der Waals surface area contributed by atoms with Gasteiger partial charge < -0.3 is 20.3 Å². The van der Waals surface area contributed by atoms with Crippen molar-refractivity contribution in [3.8, 4) is 5.75 Å². The number of aliphatic hydroxyl groups excluding tert-OH is 1. The van der Waals surface area contributed by atoms with Crippen molar-refractivity contribution in [1.82, 2.24) is 5.32 Å². The first-order chi connectivity index (χ1) is 17.2. The summed E-state index contributed by atoms with van der Waals surface area (Å²) < 4.78 is 30.7. The van der Waals surface area contributed by atoms with Crippen LogP contribution in [0.2, 0.25) is 0 Å². The highest BCUT2D eigenvalue weighted by atomic mass is 32.2. The van der Waals surface area contributed by atoms with Crippen molar-refractivity contribution in [2.45, 2.75) is 51.0 Å². The molecule has 200 valence electrons. The maximum Gasteiger partial charge on any atom is 0.269 e. The number of aryl methyl sites for hydroxylation is 1. The van der Waals surface area contributed by atoms with E-state index < -0.39 is 21.1 Å². The lowest BCUT2D eigenvalue weighted by Gasteiger charge is -2.14. The predicted octanol–water partition coefficient (Wildman–Crippen LogP) is 3.89. The zero-order valence-electron chi connectivity index (χ0n) is 20.7. The van der Waals surface area contributed by atoms with E-state index in [0.717, 1.165) is 69.9 Å². The first-order valence-electron chi connectivity index (χ1n) is 12.2. The lowest BCUT2D eigenvalue weighted by molar-refractivity contribution is -0.384. The van der Waals surface area contributed by atoms with Crippen molar-refractivity contribution in [2.24, 2.45) is 0 Å². The van der Waals surface area contributed by atoms with Gasteiger partial charge in [0.1, 0.15) is 5.75 Å². The highest BCUT2D eigenvalue weighted by Crippen LogP contribution is 2.27. The van der Waals surface area contributed by atoms with Crippen LogP contribution in [0, 0.1) is 10.1 Å². The summed E-state index contributed by atoms with van der Waals surface area (Å²) in [4.78, 5) is 10.3. The summed E-state index contributed by atoms with van der Waals surface area (Å²) in [7, 11) is -3.53. The fourth-order valence-corrected chi connectivity index (χ4v) is 4.19. The van der Waals surface area contributed by atoms with Crippen molar-refractivity contribution in [3.05, 3.63) is 63.7 Å². The van der Waals surface area contributed by atoms with Gasteiger partial charge in [-0.2, -0.15) is 0 Å². The summed E-state index contributed by atoms with van der Waals surface area (Å²) in [6, 6.07) is 11.0. The number of phenolic OH excluding ortho intramolecular Hbond substituents is 1. The third-order valence-electron chi connectivity index (χ3n) is 5.58. The molecule has 11 heteroatoms. The summed E-state index contributed by atoms with van der Waals surface area (Å²) >= 11 is 0. The van der Waals surface area contributed by atoms with Gasteiger partial charge >= 0.3 is 0 Å². The molecule has 4 N–H and O–H groups in total. The molecule has 0 spiro atoms. The molecule has 0 saturated heterocycles. The Hall–Kier alpha value is -2.73. The highest BCUT2D eigenvalue weighted by Gasteiger charge is 2.12. The van der Waals surface area contributed by atoms with Crippen LogP contribution >= 0.6 is 0 Å². The van der Waals surface area contributed by atoms with E-state index in [1.54, 1.807) is 18.2 Å². The van der Waals surface area contributed by atoms with E-state index in [4.69, 9.17) is 4.74 Å². The Morgan fingerprint density at radius 2 is 1.67 bits per heavy atom. The van der Waals surface area contributed by atoms with Crippen LogP contribution in [0.15, 0.2) is 42.5 Å². The molecule has 2 aromatic rings. The SMILES string of the molecule is CS(=O)(=O)Nc1cc(C(O)CNCCCCCCOCCCCc2ccc([N+](=O)[O-])cc2)ccc1O. The quantitative estimate of drug-likeness (QED) is 0.0994. The van der Waals surface area contributed by atoms with Crippen LogP contribution in [0.4, 0.5) is 11.4 Å². The molecule has 2 rings (SSSR count). The van der Waals surface area contributed by atoms with E-state index >= 15 is 0 Å². The van der Waals surface area contributed by atoms with Crippen LogP contribution in [-0.4, -0.2) is 56.1 Å². The maximum atomic E-state index is 11.4. The molecule has 0 bridgehead atoms. The first kappa shape index (κ1) is 29.5. The number of sulfonamides is 1. The summed E-state index contributed by atoms with van der Waals surface area (Å²) in [6.07, 6.45) is 7.07. The van der Waals surface area contributed by atoms with Crippen LogP contribution in [0.5, 0.6) is 5.75 Å². The molecule has 10 nitrogen and oxygen atoms in total. The molecule has 0 radical (unpaired) electrons. The topological polar surface area (TPSA) is 151 Å². The number of anilines is 1. The van der Waals surface area contributed by atoms with Crippen LogP contribution in [-0.2, 0) is 21.2 Å². The normalized spacial score (nSPS) is 12.4.